The molecular formula is C15H18ClN5. The summed E-state index contributed by atoms with van der Waals surface area (Å²) in [6, 6.07) is 3.95. The van der Waals surface area contributed by atoms with E-state index in [2.05, 4.69) is 22.0 Å². The van der Waals surface area contributed by atoms with Crippen molar-refractivity contribution in [3.63, 3.8) is 0 Å². The number of imidazole rings is 1. The lowest BCUT2D eigenvalue weighted by molar-refractivity contribution is 0.746. The van der Waals surface area contributed by atoms with Gasteiger partial charge in [0, 0.05) is 18.9 Å². The van der Waals surface area contributed by atoms with E-state index in [0.717, 1.165) is 40.5 Å². The molecule has 6 heteroatoms. The van der Waals surface area contributed by atoms with Crippen LogP contribution in [0.25, 0.3) is 16.9 Å². The van der Waals surface area contributed by atoms with Gasteiger partial charge in [0.05, 0.1) is 16.8 Å². The molecule has 5 nitrogen and oxygen atoms in total. The lowest BCUT2D eigenvalue weighted by Gasteiger charge is -2.09. The van der Waals surface area contributed by atoms with E-state index < -0.39 is 0 Å². The molecule has 0 N–H and O–H groups in total. The Morgan fingerprint density at radius 2 is 2.05 bits per heavy atom. The number of pyridine rings is 1. The van der Waals surface area contributed by atoms with Gasteiger partial charge in [-0.05, 0) is 32.4 Å². The first kappa shape index (κ1) is 14.1. The fraction of sp³-hybridized carbons (Fsp3) is 0.400. The molecule has 110 valence electrons. The molecule has 0 aromatic carbocycles. The average molecular weight is 304 g/mol. The van der Waals surface area contributed by atoms with E-state index in [1.807, 2.05) is 48.5 Å². The maximum atomic E-state index is 6.33. The van der Waals surface area contributed by atoms with Crippen molar-refractivity contribution in [3.8, 4) is 5.69 Å². The summed E-state index contributed by atoms with van der Waals surface area (Å²) in [4.78, 5) is 9.29. The monoisotopic (exact) mass is 303 g/mol. The second kappa shape index (κ2) is 5.15. The zero-order chi connectivity index (χ0) is 15.1. The number of hydrogen-bond acceptors (Lipinski definition) is 3. The fourth-order valence-corrected chi connectivity index (χ4v) is 2.68. The Labute approximate surface area is 128 Å². The van der Waals surface area contributed by atoms with Crippen LogP contribution >= 0.6 is 11.6 Å². The molecule has 3 aromatic rings. The largest absolute Gasteiger partial charge is 0.276 e. The molecule has 0 radical (unpaired) electrons. The highest BCUT2D eigenvalue weighted by molar-refractivity contribution is 6.20. The van der Waals surface area contributed by atoms with Crippen LogP contribution in [-0.4, -0.2) is 24.3 Å². The minimum absolute atomic E-state index is 0.204. The van der Waals surface area contributed by atoms with Gasteiger partial charge in [-0.15, -0.1) is 11.6 Å². The molecule has 0 bridgehead atoms. The van der Waals surface area contributed by atoms with Gasteiger partial charge in [-0.1, -0.05) is 6.92 Å². The van der Waals surface area contributed by atoms with Crippen molar-refractivity contribution < 1.29 is 0 Å². The molecule has 0 aliphatic carbocycles. The van der Waals surface area contributed by atoms with Gasteiger partial charge in [0.1, 0.15) is 11.3 Å². The lowest BCUT2D eigenvalue weighted by atomic mass is 10.3. The number of halogens is 1. The average Bonchev–Trinajstić information content (AvgIpc) is 2.98. The first-order chi connectivity index (χ1) is 10.0. The van der Waals surface area contributed by atoms with Gasteiger partial charge in [0.15, 0.2) is 5.65 Å². The number of nitrogens with zero attached hydrogens (tertiary/aromatic N) is 5. The van der Waals surface area contributed by atoms with E-state index in [-0.39, 0.29) is 5.38 Å². The summed E-state index contributed by atoms with van der Waals surface area (Å²) in [6.07, 6.45) is 2.84. The second-order valence-corrected chi connectivity index (χ2v) is 5.86. The quantitative estimate of drug-likeness (QED) is 0.697. The van der Waals surface area contributed by atoms with Crippen molar-refractivity contribution >= 4 is 22.8 Å². The first-order valence-electron chi connectivity index (χ1n) is 7.04. The summed E-state index contributed by atoms with van der Waals surface area (Å²) in [5.74, 6) is 0.799. The third-order valence-electron chi connectivity index (χ3n) is 3.48. The molecule has 3 heterocycles. The summed E-state index contributed by atoms with van der Waals surface area (Å²) in [7, 11) is 1.92. The maximum Gasteiger partial charge on any atom is 0.165 e. The Morgan fingerprint density at radius 1 is 1.29 bits per heavy atom. The Bertz CT molecular complexity index is 800. The fourth-order valence-electron chi connectivity index (χ4n) is 2.53. The van der Waals surface area contributed by atoms with Gasteiger partial charge < -0.3 is 0 Å². The minimum atomic E-state index is -0.204. The minimum Gasteiger partial charge on any atom is -0.276 e. The Balaban J connectivity index is 2.38. The van der Waals surface area contributed by atoms with Crippen LogP contribution in [0.3, 0.4) is 0 Å². The number of rotatable bonds is 3. The van der Waals surface area contributed by atoms with Crippen molar-refractivity contribution in [1.29, 1.82) is 0 Å². The van der Waals surface area contributed by atoms with E-state index >= 15 is 0 Å². The Hall–Kier alpha value is -1.88. The van der Waals surface area contributed by atoms with Crippen LogP contribution in [0.2, 0.25) is 0 Å². The van der Waals surface area contributed by atoms with Gasteiger partial charge >= 0.3 is 0 Å². The number of alkyl halides is 1. The number of hydrogen-bond donors (Lipinski definition) is 0. The van der Waals surface area contributed by atoms with Crippen LogP contribution in [0.5, 0.6) is 0 Å². The van der Waals surface area contributed by atoms with Crippen LogP contribution in [0.1, 0.15) is 36.4 Å². The van der Waals surface area contributed by atoms with Crippen LogP contribution in [0, 0.1) is 6.92 Å². The summed E-state index contributed by atoms with van der Waals surface area (Å²) < 4.78 is 3.85. The Morgan fingerprint density at radius 3 is 2.71 bits per heavy atom. The van der Waals surface area contributed by atoms with Gasteiger partial charge in [0.25, 0.3) is 0 Å². The van der Waals surface area contributed by atoms with Gasteiger partial charge in [-0.25, -0.2) is 9.97 Å². The van der Waals surface area contributed by atoms with Gasteiger partial charge in [-0.3, -0.25) is 9.25 Å². The Kier molecular flexibility index (Phi) is 3.45. The first-order valence-corrected chi connectivity index (χ1v) is 7.47. The van der Waals surface area contributed by atoms with Crippen molar-refractivity contribution in [2.75, 3.05) is 0 Å². The van der Waals surface area contributed by atoms with Crippen molar-refractivity contribution in [1.82, 2.24) is 24.3 Å². The molecule has 0 spiro atoms. The highest BCUT2D eigenvalue weighted by Gasteiger charge is 2.20. The van der Waals surface area contributed by atoms with E-state index in [1.54, 1.807) is 0 Å². The normalized spacial score (nSPS) is 13.0. The van der Waals surface area contributed by atoms with Crippen molar-refractivity contribution in [2.45, 2.75) is 32.6 Å². The summed E-state index contributed by atoms with van der Waals surface area (Å²) in [6.45, 7) is 5.99. The SMILES string of the molecule is CCc1nn(C)cc1-n1c(C(C)Cl)nc2ccc(C)nc21. The maximum absolute atomic E-state index is 6.33. The zero-order valence-corrected chi connectivity index (χ0v) is 13.4. The predicted molar refractivity (Wildman–Crippen MR) is 84.0 cm³/mol. The number of fused-ring (bicyclic) bond motifs is 1. The van der Waals surface area contributed by atoms with Gasteiger partial charge in [-0.2, -0.15) is 5.10 Å². The molecule has 0 fully saturated rings. The molecule has 0 aliphatic heterocycles. The highest BCUT2D eigenvalue weighted by atomic mass is 35.5. The third-order valence-corrected chi connectivity index (χ3v) is 3.68. The molecule has 0 saturated carbocycles. The molecule has 21 heavy (non-hydrogen) atoms. The summed E-state index contributed by atoms with van der Waals surface area (Å²) in [5, 5.41) is 4.31. The molecule has 3 aromatic heterocycles. The number of aromatic nitrogens is 5. The van der Waals surface area contributed by atoms with Crippen LogP contribution in [-0.2, 0) is 13.5 Å². The van der Waals surface area contributed by atoms with E-state index in [9.17, 15) is 0 Å². The molecule has 3 rings (SSSR count). The predicted octanol–water partition coefficient (Wildman–Crippen LogP) is 3.32. The highest BCUT2D eigenvalue weighted by Crippen LogP contribution is 2.28. The smallest absolute Gasteiger partial charge is 0.165 e. The standard InChI is InChI=1S/C15H18ClN5/c1-5-11-13(8-20(4)19-11)21-14(10(3)16)18-12-7-6-9(2)17-15(12)21/h6-8,10H,5H2,1-4H3. The van der Waals surface area contributed by atoms with E-state index in [4.69, 9.17) is 11.6 Å². The zero-order valence-electron chi connectivity index (χ0n) is 12.6. The van der Waals surface area contributed by atoms with Crippen LogP contribution in [0.15, 0.2) is 18.3 Å². The molecule has 0 amide bonds. The van der Waals surface area contributed by atoms with E-state index in [1.165, 1.54) is 0 Å². The number of aryl methyl sites for hydroxylation is 3. The molecular weight excluding hydrogens is 286 g/mol. The molecule has 0 aliphatic rings. The molecule has 1 unspecified atom stereocenters. The van der Waals surface area contributed by atoms with Crippen LogP contribution in [0.4, 0.5) is 0 Å². The van der Waals surface area contributed by atoms with E-state index in [0.29, 0.717) is 0 Å². The second-order valence-electron chi connectivity index (χ2n) is 5.21. The summed E-state index contributed by atoms with van der Waals surface area (Å²) in [5.41, 5.74) is 4.66. The lowest BCUT2D eigenvalue weighted by Crippen LogP contribution is -2.04. The molecule has 0 saturated heterocycles. The third kappa shape index (κ3) is 2.31. The molecule has 1 atom stereocenters. The van der Waals surface area contributed by atoms with Crippen molar-refractivity contribution in [2.24, 2.45) is 7.05 Å². The van der Waals surface area contributed by atoms with Gasteiger partial charge in [0.2, 0.25) is 0 Å². The summed E-state index contributed by atoms with van der Waals surface area (Å²) >= 11 is 6.33. The van der Waals surface area contributed by atoms with Crippen molar-refractivity contribution in [3.05, 3.63) is 35.5 Å². The van der Waals surface area contributed by atoms with Crippen LogP contribution < -0.4 is 0 Å². The topological polar surface area (TPSA) is 48.5 Å².